The van der Waals surface area contributed by atoms with E-state index in [0.29, 0.717) is 12.0 Å². The standard InChI is InChI=1S/C17H20F3NO3S/c18-17(19,20)25(22,23)24-12-5-4-11-9-15-13-3-1-2-6-16(13,7-8-21-15)14(11)10-12/h4-5,10,13,15,21H,1-3,6-9H2/t13-,15+,16?/m0/s1. The van der Waals surface area contributed by atoms with Gasteiger partial charge in [-0.2, -0.15) is 21.6 Å². The van der Waals surface area contributed by atoms with Gasteiger partial charge in [0.05, 0.1) is 0 Å². The van der Waals surface area contributed by atoms with Crippen LogP contribution in [0.15, 0.2) is 18.2 Å². The molecule has 1 aliphatic heterocycles. The molecule has 1 heterocycles. The third-order valence-corrected chi connectivity index (χ3v) is 7.09. The van der Waals surface area contributed by atoms with Crippen molar-refractivity contribution in [1.82, 2.24) is 5.32 Å². The lowest BCUT2D eigenvalue weighted by atomic mass is 9.53. The molecule has 4 rings (SSSR count). The van der Waals surface area contributed by atoms with Gasteiger partial charge >= 0.3 is 15.6 Å². The first-order valence-corrected chi connectivity index (χ1v) is 10.0. The molecule has 8 heteroatoms. The largest absolute Gasteiger partial charge is 0.534 e. The molecule has 1 unspecified atom stereocenters. The van der Waals surface area contributed by atoms with Crippen molar-refractivity contribution in [3.8, 4) is 5.75 Å². The molecule has 0 amide bonds. The van der Waals surface area contributed by atoms with Gasteiger partial charge < -0.3 is 9.50 Å². The van der Waals surface area contributed by atoms with Crippen LogP contribution in [0.25, 0.3) is 0 Å². The molecule has 0 radical (unpaired) electrons. The average Bonchev–Trinajstić information content (AvgIpc) is 2.54. The predicted octanol–water partition coefficient (Wildman–Crippen LogP) is 3.26. The van der Waals surface area contributed by atoms with E-state index in [1.807, 2.05) is 0 Å². The molecular weight excluding hydrogens is 355 g/mol. The van der Waals surface area contributed by atoms with Crippen LogP contribution in [0.1, 0.15) is 43.2 Å². The number of alkyl halides is 3. The van der Waals surface area contributed by atoms with Gasteiger partial charge in [-0.05, 0) is 61.4 Å². The van der Waals surface area contributed by atoms with Crippen molar-refractivity contribution in [1.29, 1.82) is 0 Å². The summed E-state index contributed by atoms with van der Waals surface area (Å²) in [6.07, 6.45) is 6.11. The number of halogens is 3. The molecule has 1 N–H and O–H groups in total. The monoisotopic (exact) mass is 375 g/mol. The lowest BCUT2D eigenvalue weighted by Gasteiger charge is -2.56. The van der Waals surface area contributed by atoms with E-state index >= 15 is 0 Å². The normalized spacial score (nSPS) is 31.8. The van der Waals surface area contributed by atoms with E-state index in [1.54, 1.807) is 12.1 Å². The maximum absolute atomic E-state index is 12.6. The molecule has 3 aliphatic rings. The highest BCUT2D eigenvalue weighted by atomic mass is 32.2. The Morgan fingerprint density at radius 3 is 2.76 bits per heavy atom. The molecule has 2 fully saturated rings. The van der Waals surface area contributed by atoms with Gasteiger partial charge in [-0.25, -0.2) is 0 Å². The zero-order chi connectivity index (χ0) is 17.9. The average molecular weight is 375 g/mol. The Balaban J connectivity index is 1.75. The van der Waals surface area contributed by atoms with Crippen LogP contribution < -0.4 is 9.50 Å². The lowest BCUT2D eigenvalue weighted by molar-refractivity contribution is -0.0500. The first kappa shape index (κ1) is 17.1. The number of piperidine rings is 1. The molecule has 2 bridgehead atoms. The summed E-state index contributed by atoms with van der Waals surface area (Å²) in [5, 5.41) is 3.58. The second-order valence-electron chi connectivity index (χ2n) is 7.33. The SMILES string of the molecule is O=S(=O)(Oc1ccc2c(c1)C13CCCC[C@H]1[C@@H](C2)NCC3)C(F)(F)F. The van der Waals surface area contributed by atoms with Crippen LogP contribution in [0.5, 0.6) is 5.75 Å². The zero-order valence-corrected chi connectivity index (χ0v) is 14.4. The summed E-state index contributed by atoms with van der Waals surface area (Å²) in [5.41, 5.74) is -3.41. The molecule has 1 aromatic rings. The Morgan fingerprint density at radius 2 is 2.00 bits per heavy atom. The van der Waals surface area contributed by atoms with Crippen LogP contribution in [-0.4, -0.2) is 26.5 Å². The van der Waals surface area contributed by atoms with Crippen molar-refractivity contribution in [2.75, 3.05) is 6.54 Å². The van der Waals surface area contributed by atoms with Gasteiger partial charge in [-0.1, -0.05) is 18.9 Å². The van der Waals surface area contributed by atoms with Crippen molar-refractivity contribution >= 4 is 10.1 Å². The smallest absolute Gasteiger partial charge is 0.376 e. The van der Waals surface area contributed by atoms with Crippen molar-refractivity contribution in [2.45, 2.75) is 55.5 Å². The Kier molecular flexibility index (Phi) is 3.85. The lowest BCUT2D eigenvalue weighted by Crippen LogP contribution is -2.59. The van der Waals surface area contributed by atoms with Crippen molar-refractivity contribution in [3.05, 3.63) is 29.3 Å². The summed E-state index contributed by atoms with van der Waals surface area (Å²) >= 11 is 0. The van der Waals surface area contributed by atoms with Crippen LogP contribution >= 0.6 is 0 Å². The van der Waals surface area contributed by atoms with Crippen molar-refractivity contribution < 1.29 is 25.8 Å². The minimum atomic E-state index is -5.64. The molecule has 3 atom stereocenters. The van der Waals surface area contributed by atoms with Gasteiger partial charge in [-0.15, -0.1) is 0 Å². The maximum atomic E-state index is 12.6. The predicted molar refractivity (Wildman–Crippen MR) is 85.8 cm³/mol. The molecule has 138 valence electrons. The number of hydrogen-bond acceptors (Lipinski definition) is 4. The summed E-state index contributed by atoms with van der Waals surface area (Å²) < 4.78 is 64.9. The minimum absolute atomic E-state index is 0.0664. The molecule has 0 aromatic heterocycles. The van der Waals surface area contributed by atoms with Gasteiger partial charge in [0.2, 0.25) is 0 Å². The van der Waals surface area contributed by atoms with E-state index in [2.05, 4.69) is 9.50 Å². The van der Waals surface area contributed by atoms with E-state index < -0.39 is 15.6 Å². The number of rotatable bonds is 2. The van der Waals surface area contributed by atoms with Crippen LogP contribution in [0, 0.1) is 5.92 Å². The first-order valence-electron chi connectivity index (χ1n) is 8.60. The van der Waals surface area contributed by atoms with Crippen LogP contribution in [0.4, 0.5) is 13.2 Å². The van der Waals surface area contributed by atoms with Gasteiger partial charge in [0.1, 0.15) is 5.75 Å². The summed E-state index contributed by atoms with van der Waals surface area (Å²) in [7, 11) is -5.64. The third-order valence-electron chi connectivity index (χ3n) is 6.11. The van der Waals surface area contributed by atoms with Crippen LogP contribution in [-0.2, 0) is 22.0 Å². The summed E-state index contributed by atoms with van der Waals surface area (Å²) in [5.74, 6) is 0.212. The van der Waals surface area contributed by atoms with Crippen LogP contribution in [0.3, 0.4) is 0 Å². The second kappa shape index (κ2) is 5.61. The van der Waals surface area contributed by atoms with E-state index in [0.717, 1.165) is 49.8 Å². The Morgan fingerprint density at radius 1 is 1.20 bits per heavy atom. The molecular formula is C17H20F3NO3S. The van der Waals surface area contributed by atoms with Gasteiger partial charge in [0.25, 0.3) is 0 Å². The summed E-state index contributed by atoms with van der Waals surface area (Å²) in [6.45, 7) is 0.881. The van der Waals surface area contributed by atoms with Crippen LogP contribution in [0.2, 0.25) is 0 Å². The number of nitrogens with one attached hydrogen (secondary N) is 1. The molecule has 2 aliphatic carbocycles. The topological polar surface area (TPSA) is 55.4 Å². The van der Waals surface area contributed by atoms with Crippen molar-refractivity contribution in [3.63, 3.8) is 0 Å². The fourth-order valence-corrected chi connectivity index (χ4v) is 5.58. The van der Waals surface area contributed by atoms with Crippen molar-refractivity contribution in [2.24, 2.45) is 5.92 Å². The fourth-order valence-electron chi connectivity index (χ4n) is 5.13. The number of benzene rings is 1. The molecule has 1 aromatic carbocycles. The van der Waals surface area contributed by atoms with Gasteiger partial charge in [-0.3, -0.25) is 0 Å². The highest BCUT2D eigenvalue weighted by Crippen LogP contribution is 2.54. The maximum Gasteiger partial charge on any atom is 0.534 e. The second-order valence-corrected chi connectivity index (χ2v) is 8.86. The van der Waals surface area contributed by atoms with E-state index in [1.165, 1.54) is 12.5 Å². The molecule has 0 spiro atoms. The first-order chi connectivity index (χ1) is 11.7. The summed E-state index contributed by atoms with van der Waals surface area (Å²) in [6, 6.07) is 4.99. The third kappa shape index (κ3) is 2.65. The Bertz CT molecular complexity index is 789. The van der Waals surface area contributed by atoms with Gasteiger partial charge in [0.15, 0.2) is 0 Å². The zero-order valence-electron chi connectivity index (χ0n) is 13.6. The minimum Gasteiger partial charge on any atom is -0.376 e. The quantitative estimate of drug-likeness (QED) is 0.637. The summed E-state index contributed by atoms with van der Waals surface area (Å²) in [4.78, 5) is 0. The molecule has 1 saturated heterocycles. The number of hydrogen-bond donors (Lipinski definition) is 1. The Labute approximate surface area is 144 Å². The fraction of sp³-hybridized carbons (Fsp3) is 0.647. The highest BCUT2D eigenvalue weighted by Gasteiger charge is 2.52. The van der Waals surface area contributed by atoms with E-state index in [9.17, 15) is 21.6 Å². The Hall–Kier alpha value is -1.28. The highest BCUT2D eigenvalue weighted by molar-refractivity contribution is 7.88. The molecule has 25 heavy (non-hydrogen) atoms. The molecule has 4 nitrogen and oxygen atoms in total. The van der Waals surface area contributed by atoms with Gasteiger partial charge in [0, 0.05) is 11.5 Å². The van der Waals surface area contributed by atoms with E-state index in [-0.39, 0.29) is 11.2 Å². The number of fused-ring (bicyclic) bond motifs is 1. The van der Waals surface area contributed by atoms with E-state index in [4.69, 9.17) is 0 Å². The molecule has 1 saturated carbocycles.